The van der Waals surface area contributed by atoms with Crippen LogP contribution in [0.5, 0.6) is 0 Å². The van der Waals surface area contributed by atoms with Crippen LogP contribution in [0.15, 0.2) is 48.7 Å². The van der Waals surface area contributed by atoms with Gasteiger partial charge in [-0.15, -0.1) is 5.10 Å². The van der Waals surface area contributed by atoms with Crippen LogP contribution in [0.25, 0.3) is 5.69 Å². The number of amides is 3. The number of nitrogens with one attached hydrogen (secondary N) is 3. The molecule has 0 saturated heterocycles. The molecule has 2 heterocycles. The molecule has 1 aromatic heterocycles. The van der Waals surface area contributed by atoms with E-state index in [0.717, 1.165) is 11.1 Å². The Balaban J connectivity index is 1.52. The Hall–Kier alpha value is -3.79. The second-order valence-corrected chi connectivity index (χ2v) is 8.24. The molecule has 0 saturated carbocycles. The molecule has 3 amide bonds. The number of nitrogens with zero attached hydrogens (tertiary/aromatic N) is 3. The fraction of sp³-hybridized carbons (Fsp3) is 0.261. The van der Waals surface area contributed by atoms with E-state index in [9.17, 15) is 18.8 Å². The minimum Gasteiger partial charge on any atom is -0.339 e. The van der Waals surface area contributed by atoms with Gasteiger partial charge in [-0.2, -0.15) is 0 Å². The second kappa shape index (κ2) is 10.4. The number of carbonyl (C=O) groups excluding carboxylic acids is 3. The molecule has 1 aliphatic rings. The molecule has 0 aliphatic carbocycles. The van der Waals surface area contributed by atoms with E-state index in [-0.39, 0.29) is 22.3 Å². The minimum atomic E-state index is -0.844. The number of halogens is 2. The highest BCUT2D eigenvalue weighted by Crippen LogP contribution is 2.23. The van der Waals surface area contributed by atoms with Crippen LogP contribution in [0.1, 0.15) is 42.6 Å². The van der Waals surface area contributed by atoms with Gasteiger partial charge in [-0.25, -0.2) is 9.07 Å². The number of benzene rings is 2. The van der Waals surface area contributed by atoms with Gasteiger partial charge in [0, 0.05) is 6.42 Å². The third-order valence-electron chi connectivity index (χ3n) is 5.38. The van der Waals surface area contributed by atoms with Crippen LogP contribution in [0.3, 0.4) is 0 Å². The number of anilines is 2. The number of rotatable bonds is 3. The SMILES string of the molecule is O=C1CCCCC[C@H](NC(=O)c2cn(-c3cccc(Cl)c3F)nn2)C(=O)Nc2ccccc2N1. The van der Waals surface area contributed by atoms with Crippen molar-refractivity contribution in [3.8, 4) is 5.69 Å². The molecule has 11 heteroatoms. The normalized spacial score (nSPS) is 16.9. The van der Waals surface area contributed by atoms with Crippen molar-refractivity contribution in [2.45, 2.75) is 38.1 Å². The summed E-state index contributed by atoms with van der Waals surface area (Å²) in [6.45, 7) is 0. The molecule has 3 N–H and O–H groups in total. The molecule has 176 valence electrons. The first-order valence-electron chi connectivity index (χ1n) is 10.8. The van der Waals surface area contributed by atoms with E-state index in [1.165, 1.54) is 18.3 Å². The molecule has 34 heavy (non-hydrogen) atoms. The fourth-order valence-electron chi connectivity index (χ4n) is 3.60. The number of aromatic nitrogens is 3. The van der Waals surface area contributed by atoms with Crippen molar-refractivity contribution in [3.63, 3.8) is 0 Å². The second-order valence-electron chi connectivity index (χ2n) is 7.83. The molecule has 0 radical (unpaired) electrons. The summed E-state index contributed by atoms with van der Waals surface area (Å²) in [7, 11) is 0. The van der Waals surface area contributed by atoms with Gasteiger partial charge in [0.05, 0.1) is 22.6 Å². The van der Waals surface area contributed by atoms with E-state index >= 15 is 0 Å². The predicted molar refractivity (Wildman–Crippen MR) is 124 cm³/mol. The summed E-state index contributed by atoms with van der Waals surface area (Å²) in [6.07, 6.45) is 4.02. The molecule has 1 aliphatic heterocycles. The highest BCUT2D eigenvalue weighted by atomic mass is 35.5. The molecule has 0 unspecified atom stereocenters. The quantitative estimate of drug-likeness (QED) is 0.524. The fourth-order valence-corrected chi connectivity index (χ4v) is 3.77. The van der Waals surface area contributed by atoms with Crippen LogP contribution in [-0.4, -0.2) is 38.8 Å². The lowest BCUT2D eigenvalue weighted by molar-refractivity contribution is -0.118. The van der Waals surface area contributed by atoms with Gasteiger partial charge in [-0.1, -0.05) is 47.9 Å². The zero-order chi connectivity index (χ0) is 24.1. The summed E-state index contributed by atoms with van der Waals surface area (Å²) >= 11 is 5.81. The first-order chi connectivity index (χ1) is 16.4. The van der Waals surface area contributed by atoms with Gasteiger partial charge in [0.15, 0.2) is 11.5 Å². The zero-order valence-electron chi connectivity index (χ0n) is 18.1. The van der Waals surface area contributed by atoms with Gasteiger partial charge in [0.1, 0.15) is 11.7 Å². The maximum atomic E-state index is 14.3. The molecule has 9 nitrogen and oxygen atoms in total. The number of carbonyl (C=O) groups is 3. The molecule has 4 rings (SSSR count). The van der Waals surface area contributed by atoms with Crippen molar-refractivity contribution < 1.29 is 18.8 Å². The summed E-state index contributed by atoms with van der Waals surface area (Å²) in [4.78, 5) is 38.0. The number of hydrogen-bond acceptors (Lipinski definition) is 5. The van der Waals surface area contributed by atoms with E-state index in [1.54, 1.807) is 30.3 Å². The highest BCUT2D eigenvalue weighted by molar-refractivity contribution is 6.30. The third kappa shape index (κ3) is 5.40. The first kappa shape index (κ1) is 23.4. The van der Waals surface area contributed by atoms with Crippen LogP contribution >= 0.6 is 11.6 Å². The highest BCUT2D eigenvalue weighted by Gasteiger charge is 2.24. The molecule has 1 atom stereocenters. The topological polar surface area (TPSA) is 118 Å². The van der Waals surface area contributed by atoms with Crippen molar-refractivity contribution in [1.29, 1.82) is 0 Å². The van der Waals surface area contributed by atoms with Crippen molar-refractivity contribution in [3.05, 3.63) is 65.2 Å². The van der Waals surface area contributed by atoms with Gasteiger partial charge in [-0.3, -0.25) is 14.4 Å². The Bertz CT molecular complexity index is 1230. The lowest BCUT2D eigenvalue weighted by Gasteiger charge is -2.20. The predicted octanol–water partition coefficient (Wildman–Crippen LogP) is 3.70. The van der Waals surface area contributed by atoms with E-state index < -0.39 is 23.7 Å². The number of para-hydroxylation sites is 2. The Morgan fingerprint density at radius 1 is 1.06 bits per heavy atom. The van der Waals surface area contributed by atoms with Crippen LogP contribution in [-0.2, 0) is 9.59 Å². The third-order valence-corrected chi connectivity index (χ3v) is 5.67. The number of hydrogen-bond donors (Lipinski definition) is 3. The van der Waals surface area contributed by atoms with Gasteiger partial charge >= 0.3 is 0 Å². The standard InChI is InChI=1S/C23H22ClFN6O3/c24-14-7-6-11-19(21(14)25)31-13-18(29-30-31)23(34)28-17-10-2-1-3-12-20(32)26-15-8-4-5-9-16(15)27-22(17)33/h4-9,11,13,17H,1-3,10,12H2,(H,26,32)(H,27,33)(H,28,34)/t17-/m0/s1. The lowest BCUT2D eigenvalue weighted by Crippen LogP contribution is -2.44. The largest absolute Gasteiger partial charge is 0.339 e. The van der Waals surface area contributed by atoms with E-state index in [2.05, 4.69) is 26.3 Å². The van der Waals surface area contributed by atoms with Crippen LogP contribution in [0, 0.1) is 5.82 Å². The molecule has 2 aromatic carbocycles. The van der Waals surface area contributed by atoms with Gasteiger partial charge in [0.25, 0.3) is 5.91 Å². The van der Waals surface area contributed by atoms with Crippen LogP contribution < -0.4 is 16.0 Å². The summed E-state index contributed by atoms with van der Waals surface area (Å²) in [5.74, 6) is -1.86. The Morgan fingerprint density at radius 2 is 1.82 bits per heavy atom. The summed E-state index contributed by atoms with van der Waals surface area (Å²) in [6, 6.07) is 10.4. The van der Waals surface area contributed by atoms with E-state index in [1.807, 2.05) is 0 Å². The smallest absolute Gasteiger partial charge is 0.274 e. The monoisotopic (exact) mass is 484 g/mol. The molecule has 0 fully saturated rings. The molecule has 0 spiro atoms. The Labute approximate surface area is 199 Å². The summed E-state index contributed by atoms with van der Waals surface area (Å²) in [5.41, 5.74) is 0.883. The van der Waals surface area contributed by atoms with E-state index in [4.69, 9.17) is 11.6 Å². The summed E-state index contributed by atoms with van der Waals surface area (Å²) < 4.78 is 15.4. The lowest BCUT2D eigenvalue weighted by atomic mass is 10.0. The maximum absolute atomic E-state index is 14.3. The average molecular weight is 485 g/mol. The molecular formula is C23H22ClFN6O3. The summed E-state index contributed by atoms with van der Waals surface area (Å²) in [5, 5.41) is 15.8. The van der Waals surface area contributed by atoms with Crippen molar-refractivity contribution in [1.82, 2.24) is 20.3 Å². The molecule has 0 bridgehead atoms. The van der Waals surface area contributed by atoms with Crippen molar-refractivity contribution in [2.75, 3.05) is 10.6 Å². The Morgan fingerprint density at radius 3 is 2.62 bits per heavy atom. The van der Waals surface area contributed by atoms with Gasteiger partial charge in [0.2, 0.25) is 11.8 Å². The minimum absolute atomic E-state index is 0.0430. The first-order valence-corrected chi connectivity index (χ1v) is 11.2. The van der Waals surface area contributed by atoms with Gasteiger partial charge in [-0.05, 0) is 37.1 Å². The maximum Gasteiger partial charge on any atom is 0.274 e. The van der Waals surface area contributed by atoms with Crippen molar-refractivity contribution in [2.24, 2.45) is 0 Å². The van der Waals surface area contributed by atoms with Crippen LogP contribution in [0.2, 0.25) is 5.02 Å². The zero-order valence-corrected chi connectivity index (χ0v) is 18.8. The molecular weight excluding hydrogens is 463 g/mol. The van der Waals surface area contributed by atoms with Crippen LogP contribution in [0.4, 0.5) is 15.8 Å². The van der Waals surface area contributed by atoms with Crippen molar-refractivity contribution >= 4 is 40.7 Å². The van der Waals surface area contributed by atoms with E-state index in [0.29, 0.717) is 37.1 Å². The number of fused-ring (bicyclic) bond motifs is 1. The Kier molecular flexibility index (Phi) is 7.17. The molecule has 3 aromatic rings. The average Bonchev–Trinajstić information content (AvgIpc) is 3.30. The van der Waals surface area contributed by atoms with Gasteiger partial charge < -0.3 is 16.0 Å².